The number of imidazole rings is 1. The van der Waals surface area contributed by atoms with Crippen molar-refractivity contribution in [3.63, 3.8) is 0 Å². The van der Waals surface area contributed by atoms with Gasteiger partial charge in [0.1, 0.15) is 12.4 Å². The Morgan fingerprint density at radius 2 is 2.08 bits per heavy atom. The fourth-order valence-corrected chi connectivity index (χ4v) is 3.39. The highest BCUT2D eigenvalue weighted by Crippen LogP contribution is 2.19. The van der Waals surface area contributed by atoms with E-state index in [0.717, 1.165) is 20.9 Å². The van der Waals surface area contributed by atoms with E-state index < -0.39 is 0 Å². The highest BCUT2D eigenvalue weighted by molar-refractivity contribution is 9.10. The number of rotatable bonds is 7. The topological polar surface area (TPSA) is 46.8 Å². The van der Waals surface area contributed by atoms with Crippen LogP contribution in [0.1, 0.15) is 0 Å². The number of amides is 1. The summed E-state index contributed by atoms with van der Waals surface area (Å²) in [4.78, 5) is 18.3. The molecule has 1 aromatic carbocycles. The van der Waals surface area contributed by atoms with Gasteiger partial charge in [-0.05, 0) is 36.4 Å². The molecule has 0 saturated heterocycles. The first-order chi connectivity index (χ1) is 12.1. The standard InChI is InChI=1S/C18H18BrN3O2S/c1-21(10-11-24-16-7-5-14(19)6-8-16)17(23)13-25-18-20-12-15-4-2-3-9-22(15)18/h2-9,12H,10-11,13H2,1H3. The summed E-state index contributed by atoms with van der Waals surface area (Å²) in [5, 5.41) is 0.823. The minimum Gasteiger partial charge on any atom is -0.492 e. The van der Waals surface area contributed by atoms with Crippen LogP contribution in [0.15, 0.2) is 64.5 Å². The molecular weight excluding hydrogens is 402 g/mol. The normalized spacial score (nSPS) is 10.8. The number of hydrogen-bond acceptors (Lipinski definition) is 4. The quantitative estimate of drug-likeness (QED) is 0.547. The average molecular weight is 420 g/mol. The lowest BCUT2D eigenvalue weighted by Crippen LogP contribution is -2.32. The summed E-state index contributed by atoms with van der Waals surface area (Å²) in [5.74, 6) is 1.20. The molecule has 0 saturated carbocycles. The smallest absolute Gasteiger partial charge is 0.232 e. The van der Waals surface area contributed by atoms with Crippen LogP contribution in [0.4, 0.5) is 0 Å². The summed E-state index contributed by atoms with van der Waals surface area (Å²) in [6.07, 6.45) is 3.76. The van der Waals surface area contributed by atoms with E-state index >= 15 is 0 Å². The SMILES string of the molecule is CN(CCOc1ccc(Br)cc1)C(=O)CSc1ncc2ccccn12. The number of benzene rings is 1. The fraction of sp³-hybridized carbons (Fsp3) is 0.222. The minimum absolute atomic E-state index is 0.0529. The van der Waals surface area contributed by atoms with Gasteiger partial charge in [-0.25, -0.2) is 4.98 Å². The van der Waals surface area contributed by atoms with Crippen molar-refractivity contribution in [2.24, 2.45) is 0 Å². The maximum atomic E-state index is 12.3. The number of nitrogens with zero attached hydrogens (tertiary/aromatic N) is 3. The maximum absolute atomic E-state index is 12.3. The molecule has 130 valence electrons. The van der Waals surface area contributed by atoms with Crippen molar-refractivity contribution in [2.75, 3.05) is 26.0 Å². The lowest BCUT2D eigenvalue weighted by molar-refractivity contribution is -0.127. The van der Waals surface area contributed by atoms with E-state index in [4.69, 9.17) is 4.74 Å². The van der Waals surface area contributed by atoms with Gasteiger partial charge in [0.25, 0.3) is 0 Å². The Morgan fingerprint density at radius 1 is 1.28 bits per heavy atom. The number of thioether (sulfide) groups is 1. The number of ether oxygens (including phenoxy) is 1. The van der Waals surface area contributed by atoms with E-state index in [9.17, 15) is 4.79 Å². The third kappa shape index (κ3) is 4.76. The van der Waals surface area contributed by atoms with Crippen LogP contribution in [0.2, 0.25) is 0 Å². The molecule has 5 nitrogen and oxygen atoms in total. The molecule has 2 aromatic heterocycles. The van der Waals surface area contributed by atoms with Crippen LogP contribution < -0.4 is 4.74 Å². The zero-order valence-electron chi connectivity index (χ0n) is 13.8. The third-order valence-corrected chi connectivity index (χ3v) is 5.14. The number of carbonyl (C=O) groups excluding carboxylic acids is 1. The molecule has 0 aliphatic rings. The Hall–Kier alpha value is -1.99. The zero-order valence-corrected chi connectivity index (χ0v) is 16.2. The number of carbonyl (C=O) groups is 1. The van der Waals surface area contributed by atoms with Crippen molar-refractivity contribution in [1.82, 2.24) is 14.3 Å². The predicted octanol–water partition coefficient (Wildman–Crippen LogP) is 3.73. The van der Waals surface area contributed by atoms with Crippen molar-refractivity contribution in [3.8, 4) is 5.75 Å². The highest BCUT2D eigenvalue weighted by atomic mass is 79.9. The first kappa shape index (κ1) is 17.8. The van der Waals surface area contributed by atoms with Crippen molar-refractivity contribution in [3.05, 3.63) is 59.3 Å². The molecule has 0 atom stereocenters. The van der Waals surface area contributed by atoms with Crippen LogP contribution in [0.25, 0.3) is 5.52 Å². The largest absolute Gasteiger partial charge is 0.492 e. The van der Waals surface area contributed by atoms with Gasteiger partial charge in [-0.1, -0.05) is 33.8 Å². The number of aromatic nitrogens is 2. The van der Waals surface area contributed by atoms with E-state index in [1.54, 1.807) is 11.9 Å². The van der Waals surface area contributed by atoms with Crippen LogP contribution in [-0.2, 0) is 4.79 Å². The van der Waals surface area contributed by atoms with Gasteiger partial charge in [0.05, 0.1) is 24.0 Å². The third-order valence-electron chi connectivity index (χ3n) is 3.66. The highest BCUT2D eigenvalue weighted by Gasteiger charge is 2.12. The Labute approximate surface area is 159 Å². The predicted molar refractivity (Wildman–Crippen MR) is 103 cm³/mol. The Morgan fingerprint density at radius 3 is 2.88 bits per heavy atom. The molecule has 0 bridgehead atoms. The molecule has 0 radical (unpaired) electrons. The van der Waals surface area contributed by atoms with Crippen molar-refractivity contribution < 1.29 is 9.53 Å². The van der Waals surface area contributed by atoms with Crippen LogP contribution in [0.5, 0.6) is 5.75 Å². The van der Waals surface area contributed by atoms with Crippen LogP contribution in [-0.4, -0.2) is 46.1 Å². The van der Waals surface area contributed by atoms with E-state index in [1.807, 2.05) is 59.3 Å². The minimum atomic E-state index is 0.0529. The molecule has 3 aromatic rings. The first-order valence-electron chi connectivity index (χ1n) is 7.81. The zero-order chi connectivity index (χ0) is 17.6. The summed E-state index contributed by atoms with van der Waals surface area (Å²) in [6.45, 7) is 0.999. The van der Waals surface area contributed by atoms with Gasteiger partial charge in [0.2, 0.25) is 5.91 Å². The fourth-order valence-electron chi connectivity index (χ4n) is 2.22. The van der Waals surface area contributed by atoms with Gasteiger partial charge in [0.15, 0.2) is 5.16 Å². The summed E-state index contributed by atoms with van der Waals surface area (Å²) >= 11 is 4.83. The van der Waals surface area contributed by atoms with Crippen LogP contribution in [0.3, 0.4) is 0 Å². The van der Waals surface area contributed by atoms with Gasteiger partial charge >= 0.3 is 0 Å². The molecular formula is C18H18BrN3O2S. The van der Waals surface area contributed by atoms with Crippen molar-refractivity contribution >= 4 is 39.1 Å². The number of fused-ring (bicyclic) bond motifs is 1. The monoisotopic (exact) mass is 419 g/mol. The molecule has 1 amide bonds. The lowest BCUT2D eigenvalue weighted by Gasteiger charge is -2.17. The number of halogens is 1. The van der Waals surface area contributed by atoms with Crippen molar-refractivity contribution in [1.29, 1.82) is 0 Å². The van der Waals surface area contributed by atoms with E-state index in [2.05, 4.69) is 20.9 Å². The molecule has 0 N–H and O–H groups in total. The van der Waals surface area contributed by atoms with Crippen LogP contribution >= 0.6 is 27.7 Å². The number of pyridine rings is 1. The second-order valence-electron chi connectivity index (χ2n) is 5.44. The Bertz CT molecular complexity index is 851. The van der Waals surface area contributed by atoms with Gasteiger partial charge in [-0.15, -0.1) is 0 Å². The average Bonchev–Trinajstić information content (AvgIpc) is 3.04. The van der Waals surface area contributed by atoms with Gasteiger partial charge in [0, 0.05) is 17.7 Å². The number of likely N-dealkylation sites (N-methyl/N-ethyl adjacent to an activating group) is 1. The molecule has 2 heterocycles. The molecule has 7 heteroatoms. The van der Waals surface area contributed by atoms with E-state index in [0.29, 0.717) is 18.9 Å². The Balaban J connectivity index is 1.45. The molecule has 0 unspecified atom stereocenters. The van der Waals surface area contributed by atoms with Crippen molar-refractivity contribution in [2.45, 2.75) is 5.16 Å². The second-order valence-corrected chi connectivity index (χ2v) is 7.30. The van der Waals surface area contributed by atoms with Crippen LogP contribution in [0, 0.1) is 0 Å². The molecule has 25 heavy (non-hydrogen) atoms. The lowest BCUT2D eigenvalue weighted by atomic mass is 10.3. The van der Waals surface area contributed by atoms with Gasteiger partial charge in [-0.3, -0.25) is 9.20 Å². The molecule has 0 fully saturated rings. The molecule has 0 aliphatic carbocycles. The molecule has 0 spiro atoms. The number of hydrogen-bond donors (Lipinski definition) is 0. The van der Waals surface area contributed by atoms with E-state index in [-0.39, 0.29) is 5.91 Å². The van der Waals surface area contributed by atoms with E-state index in [1.165, 1.54) is 11.8 Å². The second kappa shape index (κ2) is 8.40. The van der Waals surface area contributed by atoms with Gasteiger partial charge in [-0.2, -0.15) is 0 Å². The maximum Gasteiger partial charge on any atom is 0.232 e. The molecule has 3 rings (SSSR count). The Kier molecular flexibility index (Phi) is 5.99. The summed E-state index contributed by atoms with van der Waals surface area (Å²) in [7, 11) is 1.79. The van der Waals surface area contributed by atoms with Gasteiger partial charge < -0.3 is 9.64 Å². The first-order valence-corrected chi connectivity index (χ1v) is 9.58. The summed E-state index contributed by atoms with van der Waals surface area (Å²) < 4.78 is 8.64. The molecule has 0 aliphatic heterocycles. The summed E-state index contributed by atoms with van der Waals surface area (Å²) in [5.41, 5.74) is 1.02. The summed E-state index contributed by atoms with van der Waals surface area (Å²) in [6, 6.07) is 13.5.